The molecule has 3 N–H and O–H groups in total. The van der Waals surface area contributed by atoms with E-state index in [1.807, 2.05) is 37.3 Å². The molecular weight excluding hydrogens is 228 g/mol. The van der Waals surface area contributed by atoms with Crippen LogP contribution in [0.2, 0.25) is 0 Å². The van der Waals surface area contributed by atoms with E-state index in [1.165, 1.54) is 5.56 Å². The summed E-state index contributed by atoms with van der Waals surface area (Å²) in [5.41, 5.74) is 6.57. The van der Waals surface area contributed by atoms with Gasteiger partial charge >= 0.3 is 0 Å². The number of benzene rings is 1. The van der Waals surface area contributed by atoms with Crippen molar-refractivity contribution in [2.75, 3.05) is 19.7 Å². The summed E-state index contributed by atoms with van der Waals surface area (Å²) in [6.45, 7) is 4.11. The van der Waals surface area contributed by atoms with Crippen LogP contribution < -0.4 is 11.1 Å². The van der Waals surface area contributed by atoms with E-state index < -0.39 is 0 Å². The number of hydrogen-bond donors (Lipinski definition) is 2. The van der Waals surface area contributed by atoms with Gasteiger partial charge in [0.05, 0.1) is 6.61 Å². The maximum absolute atomic E-state index is 11.4. The lowest BCUT2D eigenvalue weighted by molar-refractivity contribution is -0.124. The molecular formula is C14H22N2O2. The summed E-state index contributed by atoms with van der Waals surface area (Å²) in [7, 11) is 0. The Kier molecular flexibility index (Phi) is 7.06. The van der Waals surface area contributed by atoms with Gasteiger partial charge in [0.1, 0.15) is 0 Å². The molecule has 0 spiro atoms. The molecule has 0 heterocycles. The molecule has 0 aliphatic carbocycles. The zero-order chi connectivity index (χ0) is 13.2. The van der Waals surface area contributed by atoms with Gasteiger partial charge in [0.15, 0.2) is 0 Å². The van der Waals surface area contributed by atoms with Crippen molar-refractivity contribution in [2.45, 2.75) is 20.0 Å². The molecule has 4 heteroatoms. The smallest absolute Gasteiger partial charge is 0.224 e. The Balaban J connectivity index is 2.01. The van der Waals surface area contributed by atoms with Crippen LogP contribution in [-0.4, -0.2) is 25.6 Å². The van der Waals surface area contributed by atoms with Gasteiger partial charge in [-0.1, -0.05) is 37.3 Å². The Labute approximate surface area is 109 Å². The second kappa shape index (κ2) is 8.66. The molecule has 0 radical (unpaired) electrons. The number of hydrogen-bond acceptors (Lipinski definition) is 3. The first-order valence-electron chi connectivity index (χ1n) is 6.33. The summed E-state index contributed by atoms with van der Waals surface area (Å²) in [6, 6.07) is 10.0. The number of ether oxygens (including phenoxy) is 1. The Hall–Kier alpha value is -1.39. The minimum atomic E-state index is -0.116. The van der Waals surface area contributed by atoms with Crippen LogP contribution in [0.15, 0.2) is 30.3 Å². The normalized spacial score (nSPS) is 12.1. The minimum Gasteiger partial charge on any atom is -0.377 e. The average molecular weight is 250 g/mol. The van der Waals surface area contributed by atoms with Crippen LogP contribution in [0.1, 0.15) is 18.9 Å². The fraction of sp³-hybridized carbons (Fsp3) is 0.500. The zero-order valence-electron chi connectivity index (χ0n) is 10.9. The fourth-order valence-electron chi connectivity index (χ4n) is 1.43. The molecule has 0 bridgehead atoms. The lowest BCUT2D eigenvalue weighted by Gasteiger charge is -2.09. The average Bonchev–Trinajstić information content (AvgIpc) is 2.42. The fourth-order valence-corrected chi connectivity index (χ4v) is 1.43. The van der Waals surface area contributed by atoms with E-state index in [-0.39, 0.29) is 11.8 Å². The largest absolute Gasteiger partial charge is 0.377 e. The van der Waals surface area contributed by atoms with Gasteiger partial charge in [0.2, 0.25) is 5.91 Å². The second-order valence-electron chi connectivity index (χ2n) is 4.32. The third-order valence-corrected chi connectivity index (χ3v) is 2.68. The zero-order valence-corrected chi connectivity index (χ0v) is 10.9. The highest BCUT2D eigenvalue weighted by Gasteiger charge is 2.08. The third kappa shape index (κ3) is 5.80. The van der Waals surface area contributed by atoms with E-state index in [0.717, 1.165) is 6.42 Å². The van der Waals surface area contributed by atoms with E-state index in [1.54, 1.807) is 0 Å². The van der Waals surface area contributed by atoms with Crippen molar-refractivity contribution in [1.29, 1.82) is 0 Å². The highest BCUT2D eigenvalue weighted by molar-refractivity contribution is 5.78. The number of amides is 1. The van der Waals surface area contributed by atoms with Gasteiger partial charge in [-0.25, -0.2) is 0 Å². The van der Waals surface area contributed by atoms with Crippen molar-refractivity contribution in [3.8, 4) is 0 Å². The van der Waals surface area contributed by atoms with Crippen LogP contribution >= 0.6 is 0 Å². The molecule has 1 amide bonds. The Morgan fingerprint density at radius 3 is 2.78 bits per heavy atom. The highest BCUT2D eigenvalue weighted by Crippen LogP contribution is 2.00. The maximum Gasteiger partial charge on any atom is 0.224 e. The predicted molar refractivity (Wildman–Crippen MR) is 71.9 cm³/mol. The van der Waals surface area contributed by atoms with Crippen LogP contribution in [0.3, 0.4) is 0 Å². The van der Waals surface area contributed by atoms with Gasteiger partial charge in [-0.2, -0.15) is 0 Å². The number of carbonyl (C=O) groups excluding carboxylic acids is 1. The van der Waals surface area contributed by atoms with Crippen LogP contribution in [0.5, 0.6) is 0 Å². The Morgan fingerprint density at radius 2 is 2.11 bits per heavy atom. The van der Waals surface area contributed by atoms with Gasteiger partial charge in [-0.3, -0.25) is 4.79 Å². The van der Waals surface area contributed by atoms with Crippen molar-refractivity contribution in [1.82, 2.24) is 5.32 Å². The maximum atomic E-state index is 11.4. The molecule has 0 aromatic heterocycles. The second-order valence-corrected chi connectivity index (χ2v) is 4.32. The molecule has 1 atom stereocenters. The molecule has 1 unspecified atom stereocenters. The molecule has 1 rings (SSSR count). The van der Waals surface area contributed by atoms with E-state index in [0.29, 0.717) is 26.3 Å². The highest BCUT2D eigenvalue weighted by atomic mass is 16.5. The molecule has 1 aromatic rings. The van der Waals surface area contributed by atoms with Crippen molar-refractivity contribution >= 4 is 5.91 Å². The SMILES string of the molecule is CC(CN)C(=O)NCCCOCc1ccccc1. The Morgan fingerprint density at radius 1 is 1.39 bits per heavy atom. The van der Waals surface area contributed by atoms with Crippen LogP contribution in [0.4, 0.5) is 0 Å². The first-order chi connectivity index (χ1) is 8.74. The van der Waals surface area contributed by atoms with Crippen LogP contribution in [-0.2, 0) is 16.1 Å². The number of carbonyl (C=O) groups is 1. The summed E-state index contributed by atoms with van der Waals surface area (Å²) in [5, 5.41) is 2.83. The van der Waals surface area contributed by atoms with Crippen molar-refractivity contribution in [2.24, 2.45) is 11.7 Å². The number of nitrogens with two attached hydrogens (primary N) is 1. The third-order valence-electron chi connectivity index (χ3n) is 2.68. The van der Waals surface area contributed by atoms with Crippen LogP contribution in [0.25, 0.3) is 0 Å². The van der Waals surface area contributed by atoms with Gasteiger partial charge < -0.3 is 15.8 Å². The lowest BCUT2D eigenvalue weighted by Crippen LogP contribution is -2.34. The summed E-state index contributed by atoms with van der Waals surface area (Å²) >= 11 is 0. The van der Waals surface area contributed by atoms with Crippen molar-refractivity contribution < 1.29 is 9.53 Å². The van der Waals surface area contributed by atoms with Gasteiger partial charge in [0.25, 0.3) is 0 Å². The molecule has 0 saturated carbocycles. The molecule has 4 nitrogen and oxygen atoms in total. The molecule has 100 valence electrons. The molecule has 1 aromatic carbocycles. The van der Waals surface area contributed by atoms with E-state index in [2.05, 4.69) is 5.32 Å². The van der Waals surface area contributed by atoms with Crippen molar-refractivity contribution in [3.63, 3.8) is 0 Å². The topological polar surface area (TPSA) is 64.4 Å². The number of rotatable bonds is 8. The van der Waals surface area contributed by atoms with E-state index >= 15 is 0 Å². The molecule has 0 aliphatic heterocycles. The summed E-state index contributed by atoms with van der Waals surface area (Å²) in [4.78, 5) is 11.4. The first kappa shape index (κ1) is 14.7. The molecule has 0 aliphatic rings. The minimum absolute atomic E-state index is 0.0144. The van der Waals surface area contributed by atoms with E-state index in [9.17, 15) is 4.79 Å². The summed E-state index contributed by atoms with van der Waals surface area (Å²) < 4.78 is 5.51. The Bertz CT molecular complexity index is 341. The van der Waals surface area contributed by atoms with Crippen molar-refractivity contribution in [3.05, 3.63) is 35.9 Å². The molecule has 0 saturated heterocycles. The standard InChI is InChI=1S/C14H22N2O2/c1-12(10-15)14(17)16-8-5-9-18-11-13-6-3-2-4-7-13/h2-4,6-7,12H,5,8-11,15H2,1H3,(H,16,17). The van der Waals surface area contributed by atoms with E-state index in [4.69, 9.17) is 10.5 Å². The number of nitrogens with one attached hydrogen (secondary N) is 1. The predicted octanol–water partition coefficient (Wildman–Crippen LogP) is 1.30. The van der Waals surface area contributed by atoms with Crippen LogP contribution in [0, 0.1) is 5.92 Å². The summed E-state index contributed by atoms with van der Waals surface area (Å²) in [6.07, 6.45) is 0.815. The monoisotopic (exact) mass is 250 g/mol. The summed E-state index contributed by atoms with van der Waals surface area (Å²) in [5.74, 6) is -0.101. The molecule has 18 heavy (non-hydrogen) atoms. The van der Waals surface area contributed by atoms with Gasteiger partial charge in [0, 0.05) is 25.6 Å². The molecule has 0 fully saturated rings. The lowest BCUT2D eigenvalue weighted by atomic mass is 10.2. The van der Waals surface area contributed by atoms with Gasteiger partial charge in [-0.15, -0.1) is 0 Å². The quantitative estimate of drug-likeness (QED) is 0.684. The first-order valence-corrected chi connectivity index (χ1v) is 6.33. The van der Waals surface area contributed by atoms with Gasteiger partial charge in [-0.05, 0) is 12.0 Å².